The topological polar surface area (TPSA) is 85.1 Å². The Balaban J connectivity index is 1.76. The fraction of sp³-hybridized carbons (Fsp3) is 0.0588. The van der Waals surface area contributed by atoms with Gasteiger partial charge in [-0.15, -0.1) is 23.1 Å². The number of hydrogen-bond acceptors (Lipinski definition) is 6. The van der Waals surface area contributed by atoms with Gasteiger partial charge in [0.1, 0.15) is 0 Å². The highest BCUT2D eigenvalue weighted by molar-refractivity contribution is 7.98. The maximum Gasteiger partial charge on any atom is 0.270 e. The summed E-state index contributed by atoms with van der Waals surface area (Å²) in [6.07, 6.45) is 1.97. The van der Waals surface area contributed by atoms with Gasteiger partial charge in [0.2, 0.25) is 0 Å². The minimum atomic E-state index is -0.448. The first-order chi connectivity index (χ1) is 12.1. The molecule has 0 spiro atoms. The van der Waals surface area contributed by atoms with E-state index in [1.807, 2.05) is 18.4 Å². The Morgan fingerprint density at radius 1 is 1.24 bits per heavy atom. The lowest BCUT2D eigenvalue weighted by Gasteiger charge is -2.02. The van der Waals surface area contributed by atoms with Crippen LogP contribution in [0.1, 0.15) is 10.4 Å². The highest BCUT2D eigenvalue weighted by Crippen LogP contribution is 2.27. The number of thioether (sulfide) groups is 1. The molecule has 0 atom stereocenters. The summed E-state index contributed by atoms with van der Waals surface area (Å²) in [4.78, 5) is 28.1. The second kappa shape index (κ2) is 7.45. The average Bonchev–Trinajstić information content (AvgIpc) is 3.10. The van der Waals surface area contributed by atoms with Crippen molar-refractivity contribution in [2.45, 2.75) is 4.90 Å². The number of carbonyl (C=O) groups is 1. The van der Waals surface area contributed by atoms with Crippen LogP contribution in [0.25, 0.3) is 11.3 Å². The Labute approximate surface area is 152 Å². The van der Waals surface area contributed by atoms with Gasteiger partial charge in [0.05, 0.1) is 10.6 Å². The first-order valence-electron chi connectivity index (χ1n) is 7.22. The highest BCUT2D eigenvalue weighted by Gasteiger charge is 2.12. The summed E-state index contributed by atoms with van der Waals surface area (Å²) in [5.74, 6) is -0.243. The first kappa shape index (κ1) is 17.1. The van der Waals surface area contributed by atoms with Gasteiger partial charge in [-0.1, -0.05) is 12.1 Å². The van der Waals surface area contributed by atoms with E-state index in [1.54, 1.807) is 41.4 Å². The second-order valence-corrected chi connectivity index (χ2v) is 6.77. The van der Waals surface area contributed by atoms with Gasteiger partial charge in [-0.2, -0.15) is 0 Å². The predicted molar refractivity (Wildman–Crippen MR) is 100 cm³/mol. The van der Waals surface area contributed by atoms with E-state index in [0.29, 0.717) is 22.0 Å². The molecule has 0 bridgehead atoms. The molecule has 0 saturated carbocycles. The standard InChI is InChI=1S/C17H13N3O3S2/c1-24-14-7-5-11(6-8-14)16(21)19-17-18-15(10-25-17)12-3-2-4-13(9-12)20(22)23/h2-10H,1H3,(H,18,19,21). The lowest BCUT2D eigenvalue weighted by Crippen LogP contribution is -2.11. The largest absolute Gasteiger partial charge is 0.298 e. The molecule has 3 rings (SSSR count). The van der Waals surface area contributed by atoms with Crippen LogP contribution < -0.4 is 5.32 Å². The van der Waals surface area contributed by atoms with Gasteiger partial charge in [0, 0.05) is 33.5 Å². The number of rotatable bonds is 5. The molecule has 0 aliphatic heterocycles. The van der Waals surface area contributed by atoms with Gasteiger partial charge in [0.25, 0.3) is 11.6 Å². The Kier molecular flexibility index (Phi) is 5.11. The lowest BCUT2D eigenvalue weighted by atomic mass is 10.1. The van der Waals surface area contributed by atoms with Crippen LogP contribution in [0.2, 0.25) is 0 Å². The summed E-state index contributed by atoms with van der Waals surface area (Å²) in [5.41, 5.74) is 1.77. The van der Waals surface area contributed by atoms with Crippen molar-refractivity contribution >= 4 is 39.8 Å². The van der Waals surface area contributed by atoms with Crippen molar-refractivity contribution in [3.8, 4) is 11.3 Å². The van der Waals surface area contributed by atoms with Gasteiger partial charge in [-0.05, 0) is 30.5 Å². The van der Waals surface area contributed by atoms with E-state index in [9.17, 15) is 14.9 Å². The van der Waals surface area contributed by atoms with Gasteiger partial charge in [-0.25, -0.2) is 4.98 Å². The summed E-state index contributed by atoms with van der Waals surface area (Å²) < 4.78 is 0. The third-order valence-corrected chi connectivity index (χ3v) is 4.93. The molecule has 8 heteroatoms. The number of anilines is 1. The van der Waals surface area contributed by atoms with Crippen LogP contribution in [0.3, 0.4) is 0 Å². The Morgan fingerprint density at radius 3 is 2.68 bits per heavy atom. The molecule has 3 aromatic rings. The zero-order valence-corrected chi connectivity index (χ0v) is 14.8. The number of hydrogen-bond donors (Lipinski definition) is 1. The molecule has 0 aliphatic carbocycles. The van der Waals surface area contributed by atoms with Crippen LogP contribution in [0, 0.1) is 10.1 Å². The van der Waals surface area contributed by atoms with E-state index in [1.165, 1.54) is 23.5 Å². The van der Waals surface area contributed by atoms with E-state index < -0.39 is 4.92 Å². The minimum Gasteiger partial charge on any atom is -0.298 e. The van der Waals surface area contributed by atoms with Crippen LogP contribution in [0.4, 0.5) is 10.8 Å². The van der Waals surface area contributed by atoms with Crippen LogP contribution in [0.5, 0.6) is 0 Å². The van der Waals surface area contributed by atoms with Gasteiger partial charge < -0.3 is 0 Å². The van der Waals surface area contributed by atoms with E-state index in [0.717, 1.165) is 4.90 Å². The molecule has 1 amide bonds. The van der Waals surface area contributed by atoms with Crippen molar-refractivity contribution in [3.63, 3.8) is 0 Å². The molecule has 1 N–H and O–H groups in total. The Bertz CT molecular complexity index is 923. The second-order valence-electron chi connectivity index (χ2n) is 5.03. The van der Waals surface area contributed by atoms with Crippen LogP contribution >= 0.6 is 23.1 Å². The van der Waals surface area contributed by atoms with Crippen molar-refractivity contribution in [1.82, 2.24) is 4.98 Å². The molecule has 0 saturated heterocycles. The van der Waals surface area contributed by atoms with Gasteiger partial charge in [0.15, 0.2) is 5.13 Å². The zero-order valence-electron chi connectivity index (χ0n) is 13.1. The van der Waals surface area contributed by atoms with E-state index in [-0.39, 0.29) is 11.6 Å². The fourth-order valence-corrected chi connectivity index (χ4v) is 3.28. The molecule has 0 aliphatic rings. The van der Waals surface area contributed by atoms with Gasteiger partial charge >= 0.3 is 0 Å². The number of nitrogens with zero attached hydrogens (tertiary/aromatic N) is 2. The summed E-state index contributed by atoms with van der Waals surface area (Å²) in [5, 5.41) is 15.8. The third kappa shape index (κ3) is 4.04. The molecule has 1 heterocycles. The molecule has 0 radical (unpaired) electrons. The predicted octanol–water partition coefficient (Wildman–Crippen LogP) is 4.69. The number of carbonyl (C=O) groups excluding carboxylic acids is 1. The van der Waals surface area contributed by atoms with Crippen molar-refractivity contribution in [1.29, 1.82) is 0 Å². The smallest absolute Gasteiger partial charge is 0.270 e. The number of thiazole rings is 1. The Morgan fingerprint density at radius 2 is 2.00 bits per heavy atom. The normalized spacial score (nSPS) is 10.4. The number of benzene rings is 2. The number of amides is 1. The number of nitrogens with one attached hydrogen (secondary N) is 1. The molecule has 0 unspecified atom stereocenters. The highest BCUT2D eigenvalue weighted by atomic mass is 32.2. The molecule has 1 aromatic heterocycles. The summed E-state index contributed by atoms with van der Waals surface area (Å²) >= 11 is 2.88. The quantitative estimate of drug-likeness (QED) is 0.399. The lowest BCUT2D eigenvalue weighted by molar-refractivity contribution is -0.384. The third-order valence-electron chi connectivity index (χ3n) is 3.43. The van der Waals surface area contributed by atoms with Crippen molar-refractivity contribution in [2.24, 2.45) is 0 Å². The van der Waals surface area contributed by atoms with E-state index in [4.69, 9.17) is 0 Å². The number of nitro groups is 1. The minimum absolute atomic E-state index is 0.00460. The molecule has 0 fully saturated rings. The fourth-order valence-electron chi connectivity index (χ4n) is 2.15. The van der Waals surface area contributed by atoms with E-state index >= 15 is 0 Å². The van der Waals surface area contributed by atoms with Crippen LogP contribution in [-0.2, 0) is 0 Å². The molecule has 2 aromatic carbocycles. The average molecular weight is 371 g/mol. The maximum atomic E-state index is 12.3. The van der Waals surface area contributed by atoms with Crippen molar-refractivity contribution < 1.29 is 9.72 Å². The number of aromatic nitrogens is 1. The molecule has 6 nitrogen and oxygen atoms in total. The Hall–Kier alpha value is -2.71. The number of nitro benzene ring substituents is 1. The van der Waals surface area contributed by atoms with Crippen molar-refractivity contribution in [2.75, 3.05) is 11.6 Å². The zero-order chi connectivity index (χ0) is 17.8. The monoisotopic (exact) mass is 371 g/mol. The van der Waals surface area contributed by atoms with Gasteiger partial charge in [-0.3, -0.25) is 20.2 Å². The van der Waals surface area contributed by atoms with Crippen molar-refractivity contribution in [3.05, 3.63) is 69.6 Å². The summed E-state index contributed by atoms with van der Waals surface area (Å²) in [6.45, 7) is 0. The molecular formula is C17H13N3O3S2. The SMILES string of the molecule is CSc1ccc(C(=O)Nc2nc(-c3cccc([N+](=O)[O-])c3)cs2)cc1. The summed E-state index contributed by atoms with van der Waals surface area (Å²) in [7, 11) is 0. The summed E-state index contributed by atoms with van der Waals surface area (Å²) in [6, 6.07) is 13.5. The van der Waals surface area contributed by atoms with E-state index in [2.05, 4.69) is 10.3 Å². The van der Waals surface area contributed by atoms with Crippen LogP contribution in [-0.4, -0.2) is 22.1 Å². The molecule has 25 heavy (non-hydrogen) atoms. The first-order valence-corrected chi connectivity index (χ1v) is 9.33. The molecular weight excluding hydrogens is 358 g/mol. The van der Waals surface area contributed by atoms with Crippen LogP contribution in [0.15, 0.2) is 58.8 Å². The number of non-ortho nitro benzene ring substituents is 1. The molecule has 126 valence electrons. The maximum absolute atomic E-state index is 12.3.